The van der Waals surface area contributed by atoms with Gasteiger partial charge in [-0.05, 0) is 109 Å². The van der Waals surface area contributed by atoms with E-state index in [1.807, 2.05) is 0 Å². The summed E-state index contributed by atoms with van der Waals surface area (Å²) < 4.78 is 16.8. The van der Waals surface area contributed by atoms with E-state index in [1.54, 1.807) is 0 Å². The number of allylic oxidation sites excluding steroid dienone is 10. The molecule has 6 nitrogen and oxygen atoms in total. The van der Waals surface area contributed by atoms with Gasteiger partial charge in [0.25, 0.3) is 0 Å². The topological polar surface area (TPSA) is 78.9 Å². The Kier molecular flexibility index (Phi) is 49.4. The number of rotatable bonds is 48. The van der Waals surface area contributed by atoms with Crippen molar-refractivity contribution in [2.45, 2.75) is 271 Å². The maximum Gasteiger partial charge on any atom is 0.306 e. The van der Waals surface area contributed by atoms with Gasteiger partial charge in [0, 0.05) is 19.3 Å². The van der Waals surface area contributed by atoms with E-state index in [9.17, 15) is 14.4 Å². The van der Waals surface area contributed by atoms with Gasteiger partial charge in [-0.25, -0.2) is 0 Å². The summed E-state index contributed by atoms with van der Waals surface area (Å²) in [7, 11) is 0. The molecule has 0 rings (SSSR count). The Morgan fingerprint density at radius 1 is 0.317 bits per heavy atom. The normalized spacial score (nSPS) is 12.5. The monoisotopic (exact) mass is 881 g/mol. The number of unbranched alkanes of at least 4 members (excludes halogenated alkanes) is 27. The number of ether oxygens (including phenoxy) is 3. The Morgan fingerprint density at radius 2 is 0.571 bits per heavy atom. The lowest BCUT2D eigenvalue weighted by atomic mass is 10.1. The third-order valence-electron chi connectivity index (χ3n) is 11.5. The minimum absolute atomic E-state index is 0.0885. The van der Waals surface area contributed by atoms with E-state index in [0.717, 1.165) is 109 Å². The van der Waals surface area contributed by atoms with Crippen molar-refractivity contribution in [3.8, 4) is 0 Å². The van der Waals surface area contributed by atoms with Crippen LogP contribution in [0.3, 0.4) is 0 Å². The van der Waals surface area contributed by atoms with Crippen LogP contribution < -0.4 is 0 Å². The first-order valence-corrected chi connectivity index (χ1v) is 26.8. The molecule has 0 spiro atoms. The van der Waals surface area contributed by atoms with Crippen LogP contribution in [-0.4, -0.2) is 37.2 Å². The highest BCUT2D eigenvalue weighted by Crippen LogP contribution is 2.14. The minimum Gasteiger partial charge on any atom is -0.462 e. The lowest BCUT2D eigenvalue weighted by Gasteiger charge is -2.18. The van der Waals surface area contributed by atoms with Crippen molar-refractivity contribution in [1.82, 2.24) is 0 Å². The molecule has 0 aliphatic heterocycles. The third kappa shape index (κ3) is 50.0. The summed E-state index contributed by atoms with van der Waals surface area (Å²) in [5.74, 6) is -0.919. The van der Waals surface area contributed by atoms with Crippen LogP contribution in [0.2, 0.25) is 0 Å². The molecule has 0 saturated carbocycles. The second-order valence-corrected chi connectivity index (χ2v) is 17.8. The van der Waals surface area contributed by atoms with E-state index in [-0.39, 0.29) is 31.1 Å². The summed E-state index contributed by atoms with van der Waals surface area (Å²) in [6, 6.07) is 0. The van der Waals surface area contributed by atoms with Crippen LogP contribution in [0, 0.1) is 0 Å². The molecule has 0 amide bonds. The average molecular weight is 881 g/mol. The van der Waals surface area contributed by atoms with Gasteiger partial charge in [0.1, 0.15) is 13.2 Å². The van der Waals surface area contributed by atoms with E-state index in [0.29, 0.717) is 19.3 Å². The molecule has 0 bridgehead atoms. The molecule has 0 heterocycles. The van der Waals surface area contributed by atoms with Crippen LogP contribution in [0.4, 0.5) is 0 Å². The summed E-state index contributed by atoms with van der Waals surface area (Å²) in [6.45, 7) is 6.56. The van der Waals surface area contributed by atoms with Gasteiger partial charge in [-0.15, -0.1) is 0 Å². The second-order valence-electron chi connectivity index (χ2n) is 17.8. The van der Waals surface area contributed by atoms with Crippen molar-refractivity contribution in [3.05, 3.63) is 60.8 Å². The summed E-state index contributed by atoms with van der Waals surface area (Å²) in [5.41, 5.74) is 0. The van der Waals surface area contributed by atoms with Crippen molar-refractivity contribution >= 4 is 17.9 Å². The Hall–Kier alpha value is -2.89. The highest BCUT2D eigenvalue weighted by molar-refractivity contribution is 5.71. The minimum atomic E-state index is -0.790. The summed E-state index contributed by atoms with van der Waals surface area (Å²) >= 11 is 0. The highest BCUT2D eigenvalue weighted by atomic mass is 16.6. The Morgan fingerprint density at radius 3 is 0.921 bits per heavy atom. The first-order chi connectivity index (χ1) is 31.0. The Bertz CT molecular complexity index is 1150. The molecule has 0 aromatic carbocycles. The molecule has 0 aromatic rings. The summed E-state index contributed by atoms with van der Waals surface area (Å²) in [4.78, 5) is 38.0. The number of hydrogen-bond acceptors (Lipinski definition) is 6. The number of hydrogen-bond donors (Lipinski definition) is 0. The molecule has 0 aromatic heterocycles. The SMILES string of the molecule is CCCCCC=CCC=CCCCCCCCC(=O)OCC(COC(=O)CCCCCCCC=CCCCCCCCC)OC(=O)CCCCCCCC=CCC=CCCCCC. The Labute approximate surface area is 390 Å². The fourth-order valence-electron chi connectivity index (χ4n) is 7.38. The van der Waals surface area contributed by atoms with Crippen LogP contribution in [0.25, 0.3) is 0 Å². The average Bonchev–Trinajstić information content (AvgIpc) is 3.28. The lowest BCUT2D eigenvalue weighted by molar-refractivity contribution is -0.167. The molecule has 0 N–H and O–H groups in total. The molecular weight excluding hydrogens is 781 g/mol. The third-order valence-corrected chi connectivity index (χ3v) is 11.5. The van der Waals surface area contributed by atoms with Crippen molar-refractivity contribution in [2.75, 3.05) is 13.2 Å². The van der Waals surface area contributed by atoms with Crippen LogP contribution in [0.1, 0.15) is 265 Å². The second kappa shape index (κ2) is 51.7. The van der Waals surface area contributed by atoms with Gasteiger partial charge in [-0.1, -0.05) is 197 Å². The van der Waals surface area contributed by atoms with Gasteiger partial charge in [0.05, 0.1) is 0 Å². The number of carbonyl (C=O) groups excluding carboxylic acids is 3. The van der Waals surface area contributed by atoms with Gasteiger partial charge in [0.15, 0.2) is 6.10 Å². The standard InChI is InChI=1S/C57H100O6/c1-4-7-10-13-16-19-22-25-28-31-34-37-40-43-46-49-55(58)61-52-54(63-57(60)51-48-45-42-39-36-33-30-27-24-21-18-15-12-9-6-3)53-62-56(59)50-47-44-41-38-35-32-29-26-23-20-17-14-11-8-5-2/h16,18-19,21,25-30,54H,4-15,17,20,22-24,31-53H2,1-3H3. The van der Waals surface area contributed by atoms with E-state index in [1.165, 1.54) is 116 Å². The smallest absolute Gasteiger partial charge is 0.306 e. The number of carbonyl (C=O) groups is 3. The van der Waals surface area contributed by atoms with E-state index in [4.69, 9.17) is 14.2 Å². The van der Waals surface area contributed by atoms with Crippen molar-refractivity contribution in [3.63, 3.8) is 0 Å². The van der Waals surface area contributed by atoms with Gasteiger partial charge < -0.3 is 14.2 Å². The van der Waals surface area contributed by atoms with Gasteiger partial charge in [-0.3, -0.25) is 14.4 Å². The van der Waals surface area contributed by atoms with Crippen molar-refractivity contribution < 1.29 is 28.6 Å². The summed E-state index contributed by atoms with van der Waals surface area (Å²) in [5, 5.41) is 0. The zero-order chi connectivity index (χ0) is 45.8. The van der Waals surface area contributed by atoms with Gasteiger partial charge in [-0.2, -0.15) is 0 Å². The first-order valence-electron chi connectivity index (χ1n) is 26.8. The van der Waals surface area contributed by atoms with Gasteiger partial charge >= 0.3 is 17.9 Å². The first kappa shape index (κ1) is 60.1. The molecule has 1 atom stereocenters. The largest absolute Gasteiger partial charge is 0.462 e. The van der Waals surface area contributed by atoms with E-state index < -0.39 is 6.10 Å². The molecule has 0 radical (unpaired) electrons. The van der Waals surface area contributed by atoms with Crippen molar-refractivity contribution in [1.29, 1.82) is 0 Å². The predicted octanol–water partition coefficient (Wildman–Crippen LogP) is 17.6. The molecule has 63 heavy (non-hydrogen) atoms. The quantitative estimate of drug-likeness (QED) is 0.0262. The van der Waals surface area contributed by atoms with Crippen LogP contribution >= 0.6 is 0 Å². The zero-order valence-corrected chi connectivity index (χ0v) is 41.6. The van der Waals surface area contributed by atoms with Gasteiger partial charge in [0.2, 0.25) is 0 Å². The van der Waals surface area contributed by atoms with Crippen LogP contribution in [0.5, 0.6) is 0 Å². The molecule has 0 saturated heterocycles. The summed E-state index contributed by atoms with van der Waals surface area (Å²) in [6.07, 6.45) is 63.4. The molecule has 0 aliphatic rings. The zero-order valence-electron chi connectivity index (χ0n) is 41.6. The molecule has 1 unspecified atom stereocenters. The number of esters is 3. The fraction of sp³-hybridized carbons (Fsp3) is 0.772. The highest BCUT2D eigenvalue weighted by Gasteiger charge is 2.19. The van der Waals surface area contributed by atoms with E-state index >= 15 is 0 Å². The molecule has 0 aliphatic carbocycles. The predicted molar refractivity (Wildman–Crippen MR) is 270 cm³/mol. The lowest BCUT2D eigenvalue weighted by Crippen LogP contribution is -2.30. The Balaban J connectivity index is 4.44. The fourth-order valence-corrected chi connectivity index (χ4v) is 7.38. The van der Waals surface area contributed by atoms with Crippen molar-refractivity contribution in [2.24, 2.45) is 0 Å². The maximum atomic E-state index is 12.8. The maximum absolute atomic E-state index is 12.8. The van der Waals surface area contributed by atoms with E-state index in [2.05, 4.69) is 81.5 Å². The van der Waals surface area contributed by atoms with Crippen LogP contribution in [0.15, 0.2) is 60.8 Å². The molecular formula is C57H100O6. The van der Waals surface area contributed by atoms with Crippen LogP contribution in [-0.2, 0) is 28.6 Å². The molecule has 0 fully saturated rings. The molecule has 364 valence electrons. The molecule has 6 heteroatoms.